The van der Waals surface area contributed by atoms with Crippen molar-refractivity contribution in [2.24, 2.45) is 0 Å². The summed E-state index contributed by atoms with van der Waals surface area (Å²) in [7, 11) is 0. The van der Waals surface area contributed by atoms with Crippen LogP contribution in [-0.2, 0) is 0 Å². The lowest BCUT2D eigenvalue weighted by atomic mass is 10.0. The summed E-state index contributed by atoms with van der Waals surface area (Å²) in [6.45, 7) is 0. The Kier molecular flexibility index (Phi) is 4.26. The smallest absolute Gasteiger partial charge is 0.105 e. The highest BCUT2D eigenvalue weighted by Crippen LogP contribution is 2.29. The van der Waals surface area contributed by atoms with Crippen LogP contribution in [0.4, 0.5) is 0 Å². The minimum atomic E-state index is -0.585. The van der Waals surface area contributed by atoms with Crippen LogP contribution in [0.5, 0.6) is 0 Å². The standard InChI is InChI=1S/C14H13BrOS/c1-17-11-6-4-5-10(9-11)14(16)12-7-2-3-8-13(12)15/h2-9,14,16H,1H3/t14-/m1/s1. The Morgan fingerprint density at radius 3 is 2.59 bits per heavy atom. The molecule has 17 heavy (non-hydrogen) atoms. The van der Waals surface area contributed by atoms with Gasteiger partial charge in [0.15, 0.2) is 0 Å². The SMILES string of the molecule is CSc1cccc([C@@H](O)c2ccccc2Br)c1. The zero-order chi connectivity index (χ0) is 12.3. The van der Waals surface area contributed by atoms with Crippen molar-refractivity contribution in [3.05, 3.63) is 64.1 Å². The lowest BCUT2D eigenvalue weighted by Crippen LogP contribution is -2.00. The zero-order valence-corrected chi connectivity index (χ0v) is 11.8. The van der Waals surface area contributed by atoms with E-state index < -0.39 is 6.10 Å². The molecule has 0 aliphatic carbocycles. The van der Waals surface area contributed by atoms with E-state index in [9.17, 15) is 5.11 Å². The molecule has 0 aliphatic heterocycles. The summed E-state index contributed by atoms with van der Waals surface area (Å²) in [6, 6.07) is 15.7. The van der Waals surface area contributed by atoms with Gasteiger partial charge in [-0.15, -0.1) is 11.8 Å². The van der Waals surface area contributed by atoms with Gasteiger partial charge in [0.05, 0.1) is 0 Å². The van der Waals surface area contributed by atoms with Gasteiger partial charge in [0.2, 0.25) is 0 Å². The van der Waals surface area contributed by atoms with Gasteiger partial charge in [0.1, 0.15) is 6.10 Å². The second-order valence-electron chi connectivity index (χ2n) is 3.70. The molecule has 2 rings (SSSR count). The maximum absolute atomic E-state index is 10.4. The zero-order valence-electron chi connectivity index (χ0n) is 9.43. The minimum absolute atomic E-state index is 0.585. The van der Waals surface area contributed by atoms with E-state index in [0.29, 0.717) is 0 Å². The first-order chi connectivity index (χ1) is 8.22. The summed E-state index contributed by atoms with van der Waals surface area (Å²) in [5, 5.41) is 10.4. The normalized spacial score (nSPS) is 12.4. The van der Waals surface area contributed by atoms with Crippen LogP contribution < -0.4 is 0 Å². The highest BCUT2D eigenvalue weighted by atomic mass is 79.9. The van der Waals surface area contributed by atoms with Crippen LogP contribution in [0, 0.1) is 0 Å². The van der Waals surface area contributed by atoms with Crippen LogP contribution in [0.1, 0.15) is 17.2 Å². The largest absolute Gasteiger partial charge is 0.384 e. The van der Waals surface area contributed by atoms with Crippen molar-refractivity contribution in [3.8, 4) is 0 Å². The molecule has 0 spiro atoms. The number of halogens is 1. The monoisotopic (exact) mass is 308 g/mol. The predicted octanol–water partition coefficient (Wildman–Crippen LogP) is 4.25. The van der Waals surface area contributed by atoms with Crippen molar-refractivity contribution >= 4 is 27.7 Å². The number of rotatable bonds is 3. The van der Waals surface area contributed by atoms with E-state index in [1.54, 1.807) is 11.8 Å². The van der Waals surface area contributed by atoms with E-state index in [0.717, 1.165) is 20.5 Å². The molecule has 0 amide bonds. The number of hydrogen-bond acceptors (Lipinski definition) is 2. The predicted molar refractivity (Wildman–Crippen MR) is 76.4 cm³/mol. The number of benzene rings is 2. The Morgan fingerprint density at radius 1 is 1.12 bits per heavy atom. The first kappa shape index (κ1) is 12.7. The van der Waals surface area contributed by atoms with Crippen molar-refractivity contribution in [2.75, 3.05) is 6.26 Å². The van der Waals surface area contributed by atoms with Gasteiger partial charge in [-0.2, -0.15) is 0 Å². The third-order valence-corrected chi connectivity index (χ3v) is 4.06. The highest BCUT2D eigenvalue weighted by Gasteiger charge is 2.13. The molecule has 0 fully saturated rings. The van der Waals surface area contributed by atoms with Gasteiger partial charge in [0, 0.05) is 9.37 Å². The molecular formula is C14H13BrOS. The molecule has 2 aromatic carbocycles. The van der Waals surface area contributed by atoms with Crippen LogP contribution >= 0.6 is 27.7 Å². The van der Waals surface area contributed by atoms with Crippen molar-refractivity contribution in [3.63, 3.8) is 0 Å². The summed E-state index contributed by atoms with van der Waals surface area (Å²) in [4.78, 5) is 1.16. The van der Waals surface area contributed by atoms with Crippen LogP contribution in [-0.4, -0.2) is 11.4 Å². The maximum atomic E-state index is 10.4. The average Bonchev–Trinajstić information content (AvgIpc) is 2.38. The lowest BCUT2D eigenvalue weighted by molar-refractivity contribution is 0.219. The van der Waals surface area contributed by atoms with Gasteiger partial charge in [-0.1, -0.05) is 46.3 Å². The Labute approximate surface area is 114 Å². The van der Waals surface area contributed by atoms with Gasteiger partial charge in [-0.3, -0.25) is 0 Å². The summed E-state index contributed by atoms with van der Waals surface area (Å²) >= 11 is 5.14. The van der Waals surface area contributed by atoms with Crippen LogP contribution in [0.3, 0.4) is 0 Å². The van der Waals surface area contributed by atoms with Crippen LogP contribution in [0.15, 0.2) is 57.9 Å². The van der Waals surface area contributed by atoms with E-state index in [4.69, 9.17) is 0 Å². The Balaban J connectivity index is 2.37. The van der Waals surface area contributed by atoms with Crippen molar-refractivity contribution in [1.29, 1.82) is 0 Å². The molecule has 88 valence electrons. The van der Waals surface area contributed by atoms with Gasteiger partial charge in [-0.25, -0.2) is 0 Å². The van der Waals surface area contributed by atoms with E-state index in [1.165, 1.54) is 0 Å². The second-order valence-corrected chi connectivity index (χ2v) is 5.43. The molecule has 0 saturated heterocycles. The molecule has 0 aromatic heterocycles. The first-order valence-corrected chi connectivity index (χ1v) is 7.30. The van der Waals surface area contributed by atoms with Crippen molar-refractivity contribution in [2.45, 2.75) is 11.0 Å². The third kappa shape index (κ3) is 2.92. The molecule has 1 N–H and O–H groups in total. The van der Waals surface area contributed by atoms with E-state index in [1.807, 2.05) is 54.8 Å². The Bertz CT molecular complexity index is 513. The molecule has 3 heteroatoms. The lowest BCUT2D eigenvalue weighted by Gasteiger charge is -2.13. The van der Waals surface area contributed by atoms with E-state index >= 15 is 0 Å². The molecular weight excluding hydrogens is 296 g/mol. The molecule has 0 aliphatic rings. The summed E-state index contributed by atoms with van der Waals surface area (Å²) < 4.78 is 0.932. The van der Waals surface area contributed by atoms with Gasteiger partial charge in [-0.05, 0) is 35.6 Å². The summed E-state index contributed by atoms with van der Waals surface area (Å²) in [5.41, 5.74) is 1.81. The number of hydrogen-bond donors (Lipinski definition) is 1. The quantitative estimate of drug-likeness (QED) is 0.855. The van der Waals surface area contributed by atoms with Gasteiger partial charge in [0.25, 0.3) is 0 Å². The first-order valence-electron chi connectivity index (χ1n) is 5.29. The number of aliphatic hydroxyl groups is 1. The summed E-state index contributed by atoms with van der Waals surface area (Å²) in [6.07, 6.45) is 1.45. The molecule has 0 bridgehead atoms. The molecule has 2 aromatic rings. The molecule has 0 radical (unpaired) electrons. The Hall–Kier alpha value is -0.770. The number of aliphatic hydroxyl groups excluding tert-OH is 1. The minimum Gasteiger partial charge on any atom is -0.384 e. The molecule has 0 unspecified atom stereocenters. The van der Waals surface area contributed by atoms with Gasteiger partial charge < -0.3 is 5.11 Å². The fourth-order valence-electron chi connectivity index (χ4n) is 1.69. The Morgan fingerprint density at radius 2 is 1.88 bits per heavy atom. The fraction of sp³-hybridized carbons (Fsp3) is 0.143. The van der Waals surface area contributed by atoms with Crippen molar-refractivity contribution in [1.82, 2.24) is 0 Å². The third-order valence-electron chi connectivity index (χ3n) is 2.61. The van der Waals surface area contributed by atoms with Crippen LogP contribution in [0.25, 0.3) is 0 Å². The highest BCUT2D eigenvalue weighted by molar-refractivity contribution is 9.10. The van der Waals surface area contributed by atoms with E-state index in [-0.39, 0.29) is 0 Å². The average molecular weight is 309 g/mol. The summed E-state index contributed by atoms with van der Waals surface area (Å²) in [5.74, 6) is 0. The number of thioether (sulfide) groups is 1. The van der Waals surface area contributed by atoms with Crippen LogP contribution in [0.2, 0.25) is 0 Å². The molecule has 1 atom stereocenters. The molecule has 0 saturated carbocycles. The second kappa shape index (κ2) is 5.71. The van der Waals surface area contributed by atoms with E-state index in [2.05, 4.69) is 15.9 Å². The molecule has 1 nitrogen and oxygen atoms in total. The van der Waals surface area contributed by atoms with Crippen molar-refractivity contribution < 1.29 is 5.11 Å². The van der Waals surface area contributed by atoms with Gasteiger partial charge >= 0.3 is 0 Å². The maximum Gasteiger partial charge on any atom is 0.105 e. The molecule has 0 heterocycles. The fourth-order valence-corrected chi connectivity index (χ4v) is 2.66. The topological polar surface area (TPSA) is 20.2 Å².